The van der Waals surface area contributed by atoms with Gasteiger partial charge in [-0.25, -0.2) is 0 Å². The van der Waals surface area contributed by atoms with Crippen LogP contribution in [0.3, 0.4) is 0 Å². The molecule has 37 heavy (non-hydrogen) atoms. The fraction of sp³-hybridized carbons (Fsp3) is 0.0435. The van der Waals surface area contributed by atoms with Gasteiger partial charge in [-0.3, -0.25) is 14.9 Å². The van der Waals surface area contributed by atoms with Gasteiger partial charge in [0.05, 0.1) is 27.2 Å². The Morgan fingerprint density at radius 3 is 2.43 bits per heavy atom. The summed E-state index contributed by atoms with van der Waals surface area (Å²) < 4.78 is 36.0. The monoisotopic (exact) mass is 625 g/mol. The molecule has 0 heterocycles. The van der Waals surface area contributed by atoms with Crippen LogP contribution in [0, 0.1) is 21.4 Å². The van der Waals surface area contributed by atoms with E-state index in [0.717, 1.165) is 24.3 Å². The summed E-state index contributed by atoms with van der Waals surface area (Å²) in [6, 6.07) is 13.1. The summed E-state index contributed by atoms with van der Waals surface area (Å²) in [5.41, 5.74) is -0.0760. The third kappa shape index (κ3) is 6.78. The predicted molar refractivity (Wildman–Crippen MR) is 140 cm³/mol. The Balaban J connectivity index is 1.91. The summed E-state index contributed by atoms with van der Waals surface area (Å²) in [4.78, 5) is 22.5. The van der Waals surface area contributed by atoms with Gasteiger partial charge in [0.1, 0.15) is 16.5 Å². The van der Waals surface area contributed by atoms with Crippen molar-refractivity contribution in [2.24, 2.45) is 0 Å². The molecule has 0 bridgehead atoms. The molecule has 190 valence electrons. The van der Waals surface area contributed by atoms with E-state index < -0.39 is 20.9 Å². The van der Waals surface area contributed by atoms with Gasteiger partial charge in [-0.1, -0.05) is 23.2 Å². The summed E-state index contributed by atoms with van der Waals surface area (Å²) in [7, 11) is -3.13. The number of amides is 1. The van der Waals surface area contributed by atoms with Crippen molar-refractivity contribution in [3.8, 4) is 17.6 Å². The number of benzene rings is 3. The predicted octanol–water partition coefficient (Wildman–Crippen LogP) is 5.99. The van der Waals surface area contributed by atoms with Gasteiger partial charge in [-0.15, -0.1) is 0 Å². The number of non-ortho nitro benzene ring substituents is 1. The Hall–Kier alpha value is -3.63. The van der Waals surface area contributed by atoms with E-state index in [1.807, 2.05) is 0 Å². The van der Waals surface area contributed by atoms with Crippen LogP contribution in [0.2, 0.25) is 10.0 Å². The van der Waals surface area contributed by atoms with E-state index in [9.17, 15) is 28.6 Å². The van der Waals surface area contributed by atoms with Crippen LogP contribution in [0.1, 0.15) is 5.56 Å². The lowest BCUT2D eigenvalue weighted by molar-refractivity contribution is -0.384. The Morgan fingerprint density at radius 1 is 1.16 bits per heavy atom. The smallest absolute Gasteiger partial charge is 0.339 e. The molecule has 0 aliphatic rings. The number of anilines is 1. The first kappa shape index (κ1) is 27.9. The van der Waals surface area contributed by atoms with Gasteiger partial charge in [-0.05, 0) is 70.0 Å². The van der Waals surface area contributed by atoms with Crippen LogP contribution in [-0.4, -0.2) is 26.4 Å². The van der Waals surface area contributed by atoms with Crippen molar-refractivity contribution in [2.45, 2.75) is 4.90 Å². The SMILES string of the molecule is COc1cc(/C=C(/C#N)C(=O)Nc2cc(Cl)ccc2Cl)cc(Br)c1OS(=O)(=O)c1ccc([N+](=O)[O-])cc1. The van der Waals surface area contributed by atoms with Crippen LogP contribution in [0.5, 0.6) is 11.5 Å². The molecule has 1 N–H and O–H groups in total. The molecule has 0 spiro atoms. The maximum atomic E-state index is 12.7. The van der Waals surface area contributed by atoms with E-state index in [0.29, 0.717) is 10.6 Å². The van der Waals surface area contributed by atoms with E-state index in [-0.39, 0.29) is 42.8 Å². The zero-order chi connectivity index (χ0) is 27.3. The summed E-state index contributed by atoms with van der Waals surface area (Å²) in [5.74, 6) is -1.02. The number of nitro benzene ring substituents is 1. The van der Waals surface area contributed by atoms with Crippen LogP contribution in [0.25, 0.3) is 6.08 Å². The van der Waals surface area contributed by atoms with E-state index in [4.69, 9.17) is 32.1 Å². The van der Waals surface area contributed by atoms with Gasteiger partial charge in [-0.2, -0.15) is 13.7 Å². The lowest BCUT2D eigenvalue weighted by atomic mass is 10.1. The Kier molecular flexibility index (Phi) is 8.77. The highest BCUT2D eigenvalue weighted by Crippen LogP contribution is 2.39. The number of halogens is 3. The highest BCUT2D eigenvalue weighted by molar-refractivity contribution is 9.10. The zero-order valence-electron chi connectivity index (χ0n) is 18.6. The molecule has 3 rings (SSSR count). The standard InChI is InChI=1S/C23H14BrCl2N3O7S/c1-35-21-10-13(8-14(12-27)23(30)28-20-11-15(25)2-7-19(20)26)9-18(24)22(21)36-37(33,34)17-5-3-16(4-6-17)29(31)32/h2-11H,1H3,(H,28,30)/b14-8-. The van der Waals surface area contributed by atoms with Gasteiger partial charge in [0.15, 0.2) is 11.5 Å². The van der Waals surface area contributed by atoms with Gasteiger partial charge < -0.3 is 14.2 Å². The third-order valence-electron chi connectivity index (χ3n) is 4.63. The second kappa shape index (κ2) is 11.6. The first-order valence-corrected chi connectivity index (χ1v) is 12.9. The summed E-state index contributed by atoms with van der Waals surface area (Å²) >= 11 is 15.2. The molecule has 14 heteroatoms. The maximum Gasteiger partial charge on any atom is 0.339 e. The molecule has 0 aromatic heterocycles. The first-order valence-electron chi connectivity index (χ1n) is 9.90. The quantitative estimate of drug-likeness (QED) is 0.105. The number of hydrogen-bond donors (Lipinski definition) is 1. The van der Waals surface area contributed by atoms with E-state index in [2.05, 4.69) is 21.2 Å². The molecule has 0 unspecified atom stereocenters. The van der Waals surface area contributed by atoms with Crippen LogP contribution in [-0.2, 0) is 14.9 Å². The number of carbonyl (C=O) groups excluding carboxylic acids is 1. The third-order valence-corrected chi connectivity index (χ3v) is 7.02. The minimum Gasteiger partial charge on any atom is -0.493 e. The van der Waals surface area contributed by atoms with Crippen molar-refractivity contribution in [2.75, 3.05) is 12.4 Å². The normalized spacial score (nSPS) is 11.4. The molecule has 0 aliphatic carbocycles. The highest BCUT2D eigenvalue weighted by Gasteiger charge is 2.23. The summed E-state index contributed by atoms with van der Waals surface area (Å²) in [5, 5.41) is 23.4. The molecule has 0 atom stereocenters. The van der Waals surface area contributed by atoms with Gasteiger partial charge in [0.25, 0.3) is 11.6 Å². The summed E-state index contributed by atoms with van der Waals surface area (Å²) in [6.07, 6.45) is 1.25. The van der Waals surface area contributed by atoms with Crippen LogP contribution < -0.4 is 14.2 Å². The van der Waals surface area contributed by atoms with Crippen LogP contribution >= 0.6 is 39.1 Å². The fourth-order valence-corrected chi connectivity index (χ4v) is 4.84. The van der Waals surface area contributed by atoms with Crippen molar-refractivity contribution >= 4 is 72.6 Å². The van der Waals surface area contributed by atoms with Gasteiger partial charge in [0.2, 0.25) is 0 Å². The molecular formula is C23H14BrCl2N3O7S. The minimum absolute atomic E-state index is 0.0401. The van der Waals surface area contributed by atoms with E-state index in [1.165, 1.54) is 43.5 Å². The fourth-order valence-electron chi connectivity index (χ4n) is 2.89. The van der Waals surface area contributed by atoms with Crippen molar-refractivity contribution < 1.29 is 27.1 Å². The molecule has 0 saturated carbocycles. The number of methoxy groups -OCH3 is 1. The summed E-state index contributed by atoms with van der Waals surface area (Å²) in [6.45, 7) is 0. The molecule has 3 aromatic rings. The largest absolute Gasteiger partial charge is 0.493 e. The number of rotatable bonds is 8. The van der Waals surface area contributed by atoms with Crippen molar-refractivity contribution in [1.82, 2.24) is 0 Å². The molecular weight excluding hydrogens is 613 g/mol. The van der Waals surface area contributed by atoms with E-state index >= 15 is 0 Å². The molecule has 0 radical (unpaired) electrons. The lowest BCUT2D eigenvalue weighted by Gasteiger charge is -2.13. The second-order valence-electron chi connectivity index (χ2n) is 7.07. The Bertz CT molecular complexity index is 1570. The average Bonchev–Trinajstić information content (AvgIpc) is 2.86. The van der Waals surface area contributed by atoms with Crippen molar-refractivity contribution in [3.63, 3.8) is 0 Å². The topological polar surface area (TPSA) is 149 Å². The van der Waals surface area contributed by atoms with Gasteiger partial charge in [0, 0.05) is 17.2 Å². The zero-order valence-corrected chi connectivity index (χ0v) is 22.5. The number of nitro groups is 1. The average molecular weight is 627 g/mol. The van der Waals surface area contributed by atoms with Crippen LogP contribution in [0.4, 0.5) is 11.4 Å². The molecule has 0 aliphatic heterocycles. The highest BCUT2D eigenvalue weighted by atomic mass is 79.9. The van der Waals surface area contributed by atoms with Crippen LogP contribution in [0.15, 0.2) is 69.5 Å². The second-order valence-corrected chi connectivity index (χ2v) is 10.3. The van der Waals surface area contributed by atoms with Crippen molar-refractivity contribution in [3.05, 3.63) is 90.4 Å². The van der Waals surface area contributed by atoms with E-state index in [1.54, 1.807) is 6.07 Å². The molecule has 1 amide bonds. The number of nitriles is 1. The van der Waals surface area contributed by atoms with Crippen molar-refractivity contribution in [1.29, 1.82) is 5.26 Å². The number of nitrogens with zero attached hydrogens (tertiary/aromatic N) is 2. The first-order chi connectivity index (χ1) is 17.4. The molecule has 0 fully saturated rings. The molecule has 10 nitrogen and oxygen atoms in total. The number of ether oxygens (including phenoxy) is 1. The number of nitrogens with one attached hydrogen (secondary N) is 1. The Morgan fingerprint density at radius 2 is 1.84 bits per heavy atom. The van der Waals surface area contributed by atoms with Gasteiger partial charge >= 0.3 is 10.1 Å². The number of hydrogen-bond acceptors (Lipinski definition) is 8. The molecule has 3 aromatic carbocycles. The lowest BCUT2D eigenvalue weighted by Crippen LogP contribution is -2.14. The minimum atomic E-state index is -4.39. The maximum absolute atomic E-state index is 12.7. The molecule has 0 saturated heterocycles. The Labute approximate surface area is 229 Å². The number of carbonyl (C=O) groups is 1.